The molecule has 3 fully saturated rings. The van der Waals surface area contributed by atoms with E-state index in [1.54, 1.807) is 0 Å². The number of hydrogen-bond acceptors (Lipinski definition) is 8. The first-order valence-corrected chi connectivity index (χ1v) is 16.0. The number of piperidine rings is 1. The fraction of sp³-hybridized carbons (Fsp3) is 1.00. The Labute approximate surface area is 256 Å². The average molecular weight is 590 g/mol. The van der Waals surface area contributed by atoms with Crippen molar-refractivity contribution in [2.24, 2.45) is 23.7 Å². The molecule has 1 unspecified atom stereocenters. The molecule has 0 amide bonds. The van der Waals surface area contributed by atoms with Gasteiger partial charge in [0, 0.05) is 82.6 Å². The van der Waals surface area contributed by atoms with E-state index in [-0.39, 0.29) is 40.2 Å². The van der Waals surface area contributed by atoms with Crippen molar-refractivity contribution >= 4 is 0 Å². The van der Waals surface area contributed by atoms with Crippen LogP contribution in [0.2, 0.25) is 0 Å². The molecular formula is C33H75N5O3. The van der Waals surface area contributed by atoms with Gasteiger partial charge >= 0.3 is 0 Å². The van der Waals surface area contributed by atoms with Crippen LogP contribution in [0.25, 0.3) is 0 Å². The van der Waals surface area contributed by atoms with E-state index in [0.29, 0.717) is 42.5 Å². The Bertz CT molecular complexity index is 529. The molecule has 250 valence electrons. The zero-order valence-electron chi connectivity index (χ0n) is 27.1. The normalized spacial score (nSPS) is 26.6. The van der Waals surface area contributed by atoms with Crippen LogP contribution in [0.4, 0.5) is 0 Å². The second kappa shape index (κ2) is 23.1. The first-order valence-electron chi connectivity index (χ1n) is 16.0. The van der Waals surface area contributed by atoms with Gasteiger partial charge < -0.3 is 30.9 Å². The smallest absolute Gasteiger partial charge is 0.0597 e. The third-order valence-corrected chi connectivity index (χ3v) is 9.45. The summed E-state index contributed by atoms with van der Waals surface area (Å²) in [5.41, 5.74) is 0. The molecule has 0 aromatic rings. The first kappa shape index (κ1) is 42.8. The third kappa shape index (κ3) is 15.8. The zero-order valence-corrected chi connectivity index (χ0v) is 27.1. The summed E-state index contributed by atoms with van der Waals surface area (Å²) in [6, 6.07) is 2.45. The molecular weight excluding hydrogens is 514 g/mol. The lowest BCUT2D eigenvalue weighted by atomic mass is 9.95. The van der Waals surface area contributed by atoms with Crippen molar-refractivity contribution in [3.63, 3.8) is 0 Å². The molecule has 0 spiro atoms. The van der Waals surface area contributed by atoms with Crippen LogP contribution in [-0.2, 0) is 0 Å². The van der Waals surface area contributed by atoms with Crippen LogP contribution in [0.3, 0.4) is 0 Å². The van der Waals surface area contributed by atoms with E-state index in [9.17, 15) is 0 Å². The second-order valence-electron chi connectivity index (χ2n) is 13.3. The Morgan fingerprint density at radius 1 is 0.561 bits per heavy atom. The van der Waals surface area contributed by atoms with Gasteiger partial charge in [0.25, 0.3) is 0 Å². The highest BCUT2D eigenvalue weighted by atomic mass is 16.3. The molecule has 3 aliphatic rings. The van der Waals surface area contributed by atoms with Gasteiger partial charge in [-0.2, -0.15) is 0 Å². The molecule has 0 radical (unpaired) electrons. The minimum atomic E-state index is 0. The van der Waals surface area contributed by atoms with Gasteiger partial charge in [-0.25, -0.2) is 0 Å². The number of likely N-dealkylation sites (tertiary alicyclic amines) is 1. The Balaban J connectivity index is 0. The molecule has 0 saturated carbocycles. The molecule has 3 aliphatic heterocycles. The largest absolute Gasteiger partial charge is 0.396 e. The summed E-state index contributed by atoms with van der Waals surface area (Å²) in [6.07, 6.45) is 2.46. The molecule has 41 heavy (non-hydrogen) atoms. The number of hydrogen-bond donors (Lipinski definition) is 5. The maximum atomic E-state index is 9.10. The van der Waals surface area contributed by atoms with E-state index in [1.165, 1.54) is 19.4 Å². The standard InChI is InChI=1S/C11H23NO.2C10H22N2O.2CH4/c1-9(2)10(3)12-6-4-5-11(7-12)8-13;2*1-8(2)9(3)12-5-4-11-10(6-12)7-13;;/h9-11,13H,4-8H2,1-3H3;2*8-11,13H,4-7H2,1-3H3;2*1H4/t10-,11-;9?,10-;9-,10+;;/m110../s1. The van der Waals surface area contributed by atoms with Crippen molar-refractivity contribution in [3.8, 4) is 0 Å². The highest BCUT2D eigenvalue weighted by Crippen LogP contribution is 2.21. The lowest BCUT2D eigenvalue weighted by Crippen LogP contribution is -2.55. The van der Waals surface area contributed by atoms with Crippen LogP contribution in [0.15, 0.2) is 0 Å². The van der Waals surface area contributed by atoms with E-state index in [0.717, 1.165) is 51.7 Å². The maximum Gasteiger partial charge on any atom is 0.0597 e. The summed E-state index contributed by atoms with van der Waals surface area (Å²) < 4.78 is 0. The number of aliphatic hydroxyl groups excluding tert-OH is 3. The SMILES string of the molecule is C.C.CC(C)C(C)N1CCN[C@@H](CO)C1.CC(C)[C@@H](C)N1CCC[C@@H](CO)C1.CC(C)[C@H](C)N1CCN[C@@H](CO)C1. The van der Waals surface area contributed by atoms with Crippen molar-refractivity contribution in [2.45, 2.75) is 120 Å². The molecule has 3 heterocycles. The Hall–Kier alpha value is -0.320. The summed E-state index contributed by atoms with van der Waals surface area (Å²) >= 11 is 0. The number of piperazine rings is 2. The van der Waals surface area contributed by atoms with E-state index in [2.05, 4.69) is 87.6 Å². The van der Waals surface area contributed by atoms with Crippen molar-refractivity contribution in [3.05, 3.63) is 0 Å². The minimum Gasteiger partial charge on any atom is -0.396 e. The summed E-state index contributed by atoms with van der Waals surface area (Å²) in [7, 11) is 0. The maximum absolute atomic E-state index is 9.10. The number of nitrogens with one attached hydrogen (secondary N) is 2. The van der Waals surface area contributed by atoms with Crippen molar-refractivity contribution in [1.29, 1.82) is 0 Å². The number of rotatable bonds is 9. The van der Waals surface area contributed by atoms with Gasteiger partial charge in [-0.3, -0.25) is 9.80 Å². The molecule has 0 aromatic heterocycles. The molecule has 3 rings (SSSR count). The first-order chi connectivity index (χ1) is 18.4. The zero-order chi connectivity index (χ0) is 29.5. The van der Waals surface area contributed by atoms with Gasteiger partial charge in [-0.15, -0.1) is 0 Å². The highest BCUT2D eigenvalue weighted by molar-refractivity contribution is 4.83. The van der Waals surface area contributed by atoms with Crippen LogP contribution >= 0.6 is 0 Å². The van der Waals surface area contributed by atoms with E-state index in [1.807, 2.05) is 0 Å². The molecule has 0 bridgehead atoms. The molecule has 3 saturated heterocycles. The van der Waals surface area contributed by atoms with Crippen LogP contribution in [0.1, 0.15) is 90.0 Å². The lowest BCUT2D eigenvalue weighted by molar-refractivity contribution is 0.0770. The highest BCUT2D eigenvalue weighted by Gasteiger charge is 2.26. The van der Waals surface area contributed by atoms with Gasteiger partial charge in [0.1, 0.15) is 0 Å². The second-order valence-corrected chi connectivity index (χ2v) is 13.3. The quantitative estimate of drug-likeness (QED) is 0.279. The molecule has 0 aliphatic carbocycles. The van der Waals surface area contributed by atoms with E-state index < -0.39 is 0 Å². The van der Waals surface area contributed by atoms with Gasteiger partial charge in [0.15, 0.2) is 0 Å². The summed E-state index contributed by atoms with van der Waals surface area (Å²) in [6.45, 7) is 29.7. The fourth-order valence-corrected chi connectivity index (χ4v) is 5.57. The Kier molecular flexibility index (Phi) is 24.1. The van der Waals surface area contributed by atoms with E-state index in [4.69, 9.17) is 15.3 Å². The molecule has 0 aromatic carbocycles. The topological polar surface area (TPSA) is 94.5 Å². The van der Waals surface area contributed by atoms with Gasteiger partial charge in [-0.05, 0) is 63.8 Å². The van der Waals surface area contributed by atoms with Crippen LogP contribution in [0.5, 0.6) is 0 Å². The molecule has 6 atom stereocenters. The van der Waals surface area contributed by atoms with Crippen molar-refractivity contribution in [1.82, 2.24) is 25.3 Å². The average Bonchev–Trinajstić information content (AvgIpc) is 2.96. The van der Waals surface area contributed by atoms with Crippen LogP contribution in [0, 0.1) is 23.7 Å². The Morgan fingerprint density at radius 3 is 1.24 bits per heavy atom. The monoisotopic (exact) mass is 590 g/mol. The molecule has 8 heteroatoms. The summed E-state index contributed by atoms with van der Waals surface area (Å²) in [4.78, 5) is 7.44. The van der Waals surface area contributed by atoms with Crippen molar-refractivity contribution in [2.75, 3.05) is 72.2 Å². The third-order valence-electron chi connectivity index (χ3n) is 9.45. The predicted molar refractivity (Wildman–Crippen MR) is 179 cm³/mol. The van der Waals surface area contributed by atoms with Crippen molar-refractivity contribution < 1.29 is 15.3 Å². The lowest BCUT2D eigenvalue weighted by Gasteiger charge is -2.38. The summed E-state index contributed by atoms with van der Waals surface area (Å²) in [5.74, 6) is 2.63. The van der Waals surface area contributed by atoms with Crippen LogP contribution < -0.4 is 10.6 Å². The number of nitrogens with zero attached hydrogens (tertiary/aromatic N) is 3. The fourth-order valence-electron chi connectivity index (χ4n) is 5.57. The molecule has 8 nitrogen and oxygen atoms in total. The van der Waals surface area contributed by atoms with Gasteiger partial charge in [0.05, 0.1) is 13.2 Å². The summed E-state index contributed by atoms with van der Waals surface area (Å²) in [5, 5.41) is 33.8. The molecule has 5 N–H and O–H groups in total. The predicted octanol–water partition coefficient (Wildman–Crippen LogP) is 3.60. The Morgan fingerprint density at radius 2 is 0.927 bits per heavy atom. The minimum absolute atomic E-state index is 0. The van der Waals surface area contributed by atoms with Gasteiger partial charge in [-0.1, -0.05) is 56.4 Å². The van der Waals surface area contributed by atoms with Gasteiger partial charge in [0.2, 0.25) is 0 Å². The van der Waals surface area contributed by atoms with E-state index >= 15 is 0 Å². The van der Waals surface area contributed by atoms with Crippen LogP contribution in [-0.4, -0.2) is 132 Å². The number of aliphatic hydroxyl groups is 3.